The second-order valence-electron chi connectivity index (χ2n) is 14.8. The molecule has 3 nitrogen and oxygen atoms in total. The fourth-order valence-corrected chi connectivity index (χ4v) is 6.84. The quantitative estimate of drug-likeness (QED) is 0.0528. The van der Waals surface area contributed by atoms with Gasteiger partial charge in [-0.05, 0) is 64.2 Å². The van der Waals surface area contributed by atoms with E-state index in [1.165, 1.54) is 205 Å². The molecule has 1 aliphatic rings. The van der Waals surface area contributed by atoms with E-state index in [0.29, 0.717) is 0 Å². The molecule has 2 unspecified atom stereocenters. The first-order chi connectivity index (χ1) is 23.4. The third-order valence-corrected chi connectivity index (χ3v) is 10.1. The molecule has 0 spiro atoms. The van der Waals surface area contributed by atoms with Crippen LogP contribution in [0.15, 0.2) is 24.3 Å². The zero-order valence-electron chi connectivity index (χ0n) is 32.2. The van der Waals surface area contributed by atoms with Crippen molar-refractivity contribution in [2.45, 2.75) is 232 Å². The van der Waals surface area contributed by atoms with E-state index in [2.05, 4.69) is 43.5 Å². The van der Waals surface area contributed by atoms with Crippen molar-refractivity contribution in [1.82, 2.24) is 5.32 Å². The Hall–Kier alpha value is -0.640. The maximum absolute atomic E-state index is 6.24. The van der Waals surface area contributed by atoms with Gasteiger partial charge in [-0.1, -0.05) is 179 Å². The van der Waals surface area contributed by atoms with Crippen molar-refractivity contribution < 1.29 is 9.47 Å². The van der Waals surface area contributed by atoms with E-state index < -0.39 is 0 Å². The lowest BCUT2D eigenvalue weighted by molar-refractivity contribution is -0.0481. The fraction of sp³-hybridized carbons (Fsp3) is 0.909. The van der Waals surface area contributed by atoms with Crippen LogP contribution in [0.25, 0.3) is 0 Å². The van der Waals surface area contributed by atoms with Gasteiger partial charge in [-0.3, -0.25) is 0 Å². The van der Waals surface area contributed by atoms with Gasteiger partial charge in [0.25, 0.3) is 0 Å². The third-order valence-electron chi connectivity index (χ3n) is 10.1. The molecule has 0 saturated carbocycles. The Morgan fingerprint density at radius 3 is 0.915 bits per heavy atom. The molecule has 1 heterocycles. The van der Waals surface area contributed by atoms with Gasteiger partial charge in [0.15, 0.2) is 0 Å². The molecule has 0 aromatic heterocycles. The molecule has 0 aliphatic carbocycles. The highest BCUT2D eigenvalue weighted by Crippen LogP contribution is 2.15. The van der Waals surface area contributed by atoms with Crippen molar-refractivity contribution in [2.24, 2.45) is 0 Å². The largest absolute Gasteiger partial charge is 0.374 e. The lowest BCUT2D eigenvalue weighted by atomic mass is 10.1. The van der Waals surface area contributed by atoms with Crippen molar-refractivity contribution in [1.29, 1.82) is 0 Å². The zero-order valence-corrected chi connectivity index (χ0v) is 32.2. The first-order valence-corrected chi connectivity index (χ1v) is 21.6. The van der Waals surface area contributed by atoms with E-state index in [9.17, 15) is 0 Å². The number of hydrogen-bond donors (Lipinski definition) is 1. The molecule has 0 amide bonds. The average Bonchev–Trinajstić information content (AvgIpc) is 3.53. The van der Waals surface area contributed by atoms with Crippen molar-refractivity contribution in [3.63, 3.8) is 0 Å². The summed E-state index contributed by atoms with van der Waals surface area (Å²) in [4.78, 5) is 0. The van der Waals surface area contributed by atoms with Gasteiger partial charge in [0.1, 0.15) is 0 Å². The van der Waals surface area contributed by atoms with Gasteiger partial charge in [-0.15, -0.1) is 0 Å². The SMILES string of the molecule is CCCCCCCCC=CCCCCCCCCCCOC1CNCC1OCCCCCCCCCCC=CCCCCCCCC. The summed E-state index contributed by atoms with van der Waals surface area (Å²) in [6.45, 7) is 8.28. The van der Waals surface area contributed by atoms with E-state index in [1.54, 1.807) is 0 Å². The summed E-state index contributed by atoms with van der Waals surface area (Å²) in [5, 5.41) is 3.49. The summed E-state index contributed by atoms with van der Waals surface area (Å²) >= 11 is 0. The average molecular weight is 660 g/mol. The summed E-state index contributed by atoms with van der Waals surface area (Å²) in [6.07, 6.45) is 53.9. The fourth-order valence-electron chi connectivity index (χ4n) is 6.84. The van der Waals surface area contributed by atoms with Crippen LogP contribution < -0.4 is 5.32 Å². The molecular weight excluding hydrogens is 574 g/mol. The Balaban J connectivity index is 1.79. The molecule has 3 heteroatoms. The van der Waals surface area contributed by atoms with Crippen LogP contribution >= 0.6 is 0 Å². The summed E-state index contributed by atoms with van der Waals surface area (Å²) in [7, 11) is 0. The number of unbranched alkanes of at least 4 members (excludes halogenated alkanes) is 28. The molecule has 1 aliphatic heterocycles. The number of rotatable bonds is 38. The van der Waals surface area contributed by atoms with E-state index in [-0.39, 0.29) is 12.2 Å². The van der Waals surface area contributed by atoms with Gasteiger partial charge in [0, 0.05) is 26.3 Å². The smallest absolute Gasteiger partial charge is 0.0973 e. The lowest BCUT2D eigenvalue weighted by Gasteiger charge is -2.20. The van der Waals surface area contributed by atoms with E-state index in [1.807, 2.05) is 0 Å². The number of ether oxygens (including phenoxy) is 2. The van der Waals surface area contributed by atoms with Gasteiger partial charge in [0.05, 0.1) is 12.2 Å². The van der Waals surface area contributed by atoms with Gasteiger partial charge < -0.3 is 14.8 Å². The molecule has 1 fully saturated rings. The number of allylic oxidation sites excluding steroid dienone is 4. The van der Waals surface area contributed by atoms with Crippen molar-refractivity contribution in [2.75, 3.05) is 26.3 Å². The predicted octanol–water partition coefficient (Wildman–Crippen LogP) is 14.0. The van der Waals surface area contributed by atoms with Crippen LogP contribution in [0.1, 0.15) is 219 Å². The van der Waals surface area contributed by atoms with Crippen LogP contribution in [-0.2, 0) is 9.47 Å². The molecule has 0 aromatic carbocycles. The topological polar surface area (TPSA) is 30.5 Å². The Morgan fingerprint density at radius 1 is 0.362 bits per heavy atom. The highest BCUT2D eigenvalue weighted by Gasteiger charge is 2.28. The predicted molar refractivity (Wildman–Crippen MR) is 210 cm³/mol. The van der Waals surface area contributed by atoms with E-state index in [0.717, 1.165) is 26.3 Å². The summed E-state index contributed by atoms with van der Waals surface area (Å²) in [6, 6.07) is 0. The van der Waals surface area contributed by atoms with Crippen LogP contribution in [0.2, 0.25) is 0 Å². The summed E-state index contributed by atoms with van der Waals surface area (Å²) < 4.78 is 12.5. The van der Waals surface area contributed by atoms with Crippen molar-refractivity contribution in [3.8, 4) is 0 Å². The standard InChI is InChI=1S/C44H85NO2/c1-3-5-7-9-11-13-15-17-19-21-23-25-27-29-31-33-35-37-39-46-43-41-45-42-44(43)47-40-38-36-34-32-30-28-26-24-22-20-18-16-14-12-10-8-6-4-2/h17-20,43-45H,3-16,21-42H2,1-2H3. The lowest BCUT2D eigenvalue weighted by Crippen LogP contribution is -2.30. The highest BCUT2D eigenvalue weighted by atomic mass is 16.5. The minimum atomic E-state index is 0.250. The monoisotopic (exact) mass is 660 g/mol. The van der Waals surface area contributed by atoms with Crippen molar-refractivity contribution in [3.05, 3.63) is 24.3 Å². The summed E-state index contributed by atoms with van der Waals surface area (Å²) in [5.74, 6) is 0. The minimum absolute atomic E-state index is 0.250. The maximum Gasteiger partial charge on any atom is 0.0973 e. The van der Waals surface area contributed by atoms with Crippen LogP contribution in [-0.4, -0.2) is 38.5 Å². The van der Waals surface area contributed by atoms with Gasteiger partial charge in [-0.2, -0.15) is 0 Å². The Labute approximate surface area is 296 Å². The molecule has 1 N–H and O–H groups in total. The van der Waals surface area contributed by atoms with E-state index in [4.69, 9.17) is 9.47 Å². The van der Waals surface area contributed by atoms with Crippen LogP contribution in [0, 0.1) is 0 Å². The van der Waals surface area contributed by atoms with Crippen LogP contribution in [0.3, 0.4) is 0 Å². The van der Waals surface area contributed by atoms with Gasteiger partial charge in [-0.25, -0.2) is 0 Å². The zero-order chi connectivity index (χ0) is 33.6. The van der Waals surface area contributed by atoms with Crippen molar-refractivity contribution >= 4 is 0 Å². The van der Waals surface area contributed by atoms with Crippen LogP contribution in [0.4, 0.5) is 0 Å². The molecule has 0 radical (unpaired) electrons. The van der Waals surface area contributed by atoms with Gasteiger partial charge in [0.2, 0.25) is 0 Å². The molecule has 47 heavy (non-hydrogen) atoms. The minimum Gasteiger partial charge on any atom is -0.374 e. The molecule has 2 atom stereocenters. The third kappa shape index (κ3) is 32.3. The molecule has 0 bridgehead atoms. The highest BCUT2D eigenvalue weighted by molar-refractivity contribution is 4.83. The van der Waals surface area contributed by atoms with E-state index >= 15 is 0 Å². The summed E-state index contributed by atoms with van der Waals surface area (Å²) in [5.41, 5.74) is 0. The molecule has 278 valence electrons. The first-order valence-electron chi connectivity index (χ1n) is 21.6. The Kier molecular flexibility index (Phi) is 36.0. The Morgan fingerprint density at radius 2 is 0.617 bits per heavy atom. The second-order valence-corrected chi connectivity index (χ2v) is 14.8. The van der Waals surface area contributed by atoms with Gasteiger partial charge >= 0.3 is 0 Å². The molecular formula is C44H85NO2. The Bertz CT molecular complexity index is 593. The maximum atomic E-state index is 6.24. The normalized spacial score (nSPS) is 16.8. The van der Waals surface area contributed by atoms with Crippen LogP contribution in [0.5, 0.6) is 0 Å². The second kappa shape index (κ2) is 38.2. The number of hydrogen-bond acceptors (Lipinski definition) is 3. The molecule has 0 aromatic rings. The first kappa shape index (κ1) is 44.4. The molecule has 1 saturated heterocycles. The molecule has 1 rings (SSSR count). The number of nitrogens with one attached hydrogen (secondary N) is 1.